The third-order valence-electron chi connectivity index (χ3n) is 6.21. The van der Waals surface area contributed by atoms with E-state index in [9.17, 15) is 4.79 Å². The minimum absolute atomic E-state index is 0.108. The summed E-state index contributed by atoms with van der Waals surface area (Å²) in [4.78, 5) is 15.3. The number of benzene rings is 3. The Kier molecular flexibility index (Phi) is 10.2. The lowest BCUT2D eigenvalue weighted by molar-refractivity contribution is -0.122. The summed E-state index contributed by atoms with van der Waals surface area (Å²) in [6.45, 7) is 10.3. The van der Waals surface area contributed by atoms with Crippen LogP contribution >= 0.6 is 35.6 Å². The lowest BCUT2D eigenvalue weighted by atomic mass is 9.87. The SMILES string of the molecule is CCOc1cc(/C=C2\SC(=S)N(Cc3ccccc3)C2=O)cc(Cl)c1OCCCOc1ccc(C(C)(C)C)cc1. The topological polar surface area (TPSA) is 48.0 Å². The van der Waals surface area contributed by atoms with Crippen molar-refractivity contribution < 1.29 is 19.0 Å². The molecule has 5 nitrogen and oxygen atoms in total. The van der Waals surface area contributed by atoms with Gasteiger partial charge < -0.3 is 14.2 Å². The smallest absolute Gasteiger partial charge is 0.266 e. The first kappa shape index (κ1) is 30.0. The Bertz CT molecular complexity index is 1370. The number of ether oxygens (including phenoxy) is 3. The number of halogens is 1. The highest BCUT2D eigenvalue weighted by Crippen LogP contribution is 2.39. The van der Waals surface area contributed by atoms with Gasteiger partial charge >= 0.3 is 0 Å². The zero-order valence-corrected chi connectivity index (χ0v) is 25.6. The Morgan fingerprint density at radius 3 is 2.35 bits per heavy atom. The summed E-state index contributed by atoms with van der Waals surface area (Å²) in [6.07, 6.45) is 2.47. The average Bonchev–Trinajstić information content (AvgIpc) is 3.17. The second-order valence-corrected chi connectivity index (χ2v) is 12.4. The van der Waals surface area contributed by atoms with Gasteiger partial charge in [-0.1, -0.05) is 98.8 Å². The fourth-order valence-corrected chi connectivity index (χ4v) is 5.63. The molecule has 1 fully saturated rings. The summed E-state index contributed by atoms with van der Waals surface area (Å²) in [6, 6.07) is 21.6. The third kappa shape index (κ3) is 7.80. The first-order valence-electron chi connectivity index (χ1n) is 13.3. The van der Waals surface area contributed by atoms with E-state index in [0.717, 1.165) is 16.9 Å². The Labute approximate surface area is 251 Å². The quantitative estimate of drug-likeness (QED) is 0.126. The molecule has 40 heavy (non-hydrogen) atoms. The van der Waals surface area contributed by atoms with Crippen molar-refractivity contribution in [2.24, 2.45) is 0 Å². The van der Waals surface area contributed by atoms with Crippen molar-refractivity contribution in [3.8, 4) is 17.2 Å². The van der Waals surface area contributed by atoms with E-state index in [2.05, 4.69) is 32.9 Å². The van der Waals surface area contributed by atoms with Crippen LogP contribution in [0.2, 0.25) is 5.02 Å². The van der Waals surface area contributed by atoms with Gasteiger partial charge in [0.25, 0.3) is 5.91 Å². The molecule has 1 saturated heterocycles. The molecule has 1 aliphatic heterocycles. The van der Waals surface area contributed by atoms with E-state index in [0.29, 0.717) is 58.5 Å². The Morgan fingerprint density at radius 2 is 1.68 bits per heavy atom. The molecule has 0 aliphatic carbocycles. The summed E-state index contributed by atoms with van der Waals surface area (Å²) in [5, 5.41) is 0.413. The lowest BCUT2D eigenvalue weighted by Crippen LogP contribution is -2.27. The fraction of sp³-hybridized carbons (Fsp3) is 0.312. The van der Waals surface area contributed by atoms with Crippen LogP contribution in [-0.4, -0.2) is 34.9 Å². The molecule has 0 N–H and O–H groups in total. The molecule has 0 spiro atoms. The Morgan fingerprint density at radius 1 is 0.975 bits per heavy atom. The van der Waals surface area contributed by atoms with E-state index in [1.807, 2.05) is 55.5 Å². The van der Waals surface area contributed by atoms with Crippen molar-refractivity contribution in [1.82, 2.24) is 4.90 Å². The highest BCUT2D eigenvalue weighted by atomic mass is 35.5. The van der Waals surface area contributed by atoms with E-state index in [-0.39, 0.29) is 11.3 Å². The molecule has 0 aromatic heterocycles. The average molecular weight is 596 g/mol. The largest absolute Gasteiger partial charge is 0.493 e. The maximum absolute atomic E-state index is 13.1. The van der Waals surface area contributed by atoms with Crippen LogP contribution < -0.4 is 14.2 Å². The van der Waals surface area contributed by atoms with Crippen LogP contribution in [-0.2, 0) is 16.8 Å². The second kappa shape index (κ2) is 13.6. The molecule has 0 unspecified atom stereocenters. The van der Waals surface area contributed by atoms with Crippen LogP contribution in [0.25, 0.3) is 6.08 Å². The highest BCUT2D eigenvalue weighted by Gasteiger charge is 2.32. The van der Waals surface area contributed by atoms with E-state index in [1.165, 1.54) is 17.3 Å². The highest BCUT2D eigenvalue weighted by molar-refractivity contribution is 8.26. The van der Waals surface area contributed by atoms with Crippen molar-refractivity contribution in [1.29, 1.82) is 0 Å². The van der Waals surface area contributed by atoms with E-state index in [1.54, 1.807) is 17.0 Å². The molecule has 0 atom stereocenters. The number of hydrogen-bond donors (Lipinski definition) is 0. The van der Waals surface area contributed by atoms with Crippen molar-refractivity contribution in [3.05, 3.63) is 93.3 Å². The number of nitrogens with zero attached hydrogens (tertiary/aromatic N) is 1. The molecule has 0 radical (unpaired) electrons. The van der Waals surface area contributed by atoms with Crippen LogP contribution in [0.15, 0.2) is 71.6 Å². The minimum Gasteiger partial charge on any atom is -0.493 e. The van der Waals surface area contributed by atoms with Crippen molar-refractivity contribution in [2.75, 3.05) is 19.8 Å². The zero-order valence-electron chi connectivity index (χ0n) is 23.2. The zero-order chi connectivity index (χ0) is 28.7. The monoisotopic (exact) mass is 595 g/mol. The summed E-state index contributed by atoms with van der Waals surface area (Å²) in [5.74, 6) is 1.72. The van der Waals surface area contributed by atoms with Crippen molar-refractivity contribution in [2.45, 2.75) is 46.1 Å². The maximum Gasteiger partial charge on any atom is 0.266 e. The molecule has 3 aromatic carbocycles. The predicted molar refractivity (Wildman–Crippen MR) is 169 cm³/mol. The molecular formula is C32H34ClNO4S2. The summed E-state index contributed by atoms with van der Waals surface area (Å²) in [7, 11) is 0. The molecule has 0 bridgehead atoms. The van der Waals surface area contributed by atoms with Gasteiger partial charge in [0, 0.05) is 6.42 Å². The fourth-order valence-electron chi connectivity index (χ4n) is 4.10. The van der Waals surface area contributed by atoms with Gasteiger partial charge in [0.15, 0.2) is 11.5 Å². The van der Waals surface area contributed by atoms with Crippen LogP contribution in [0.1, 0.15) is 50.8 Å². The van der Waals surface area contributed by atoms with E-state index < -0.39 is 0 Å². The van der Waals surface area contributed by atoms with Crippen LogP contribution in [0, 0.1) is 0 Å². The van der Waals surface area contributed by atoms with Gasteiger partial charge in [0.2, 0.25) is 0 Å². The van der Waals surface area contributed by atoms with E-state index in [4.69, 9.17) is 38.0 Å². The third-order valence-corrected chi connectivity index (χ3v) is 7.87. The Balaban J connectivity index is 1.37. The Hall–Kier alpha value is -3.00. The number of carbonyl (C=O) groups is 1. The van der Waals surface area contributed by atoms with Crippen molar-refractivity contribution >= 4 is 51.9 Å². The first-order chi connectivity index (χ1) is 19.2. The number of rotatable bonds is 11. The first-order valence-corrected chi connectivity index (χ1v) is 14.9. The van der Waals surface area contributed by atoms with E-state index >= 15 is 0 Å². The van der Waals surface area contributed by atoms with Gasteiger partial charge in [0.1, 0.15) is 10.1 Å². The number of carbonyl (C=O) groups excluding carboxylic acids is 1. The standard InChI is InChI=1S/C32H34ClNO4S2/c1-5-36-27-19-23(20-28-30(35)34(31(39)40-28)21-22-10-7-6-8-11-22)18-26(33)29(27)38-17-9-16-37-25-14-12-24(13-15-25)32(2,3)4/h6-8,10-15,18-20H,5,9,16-17,21H2,1-4H3/b28-20-. The van der Waals surface area contributed by atoms with Gasteiger partial charge in [-0.3, -0.25) is 9.69 Å². The second-order valence-electron chi connectivity index (χ2n) is 10.3. The summed E-state index contributed by atoms with van der Waals surface area (Å²) in [5.41, 5.74) is 3.13. The van der Waals surface area contributed by atoms with Gasteiger partial charge in [-0.15, -0.1) is 0 Å². The maximum atomic E-state index is 13.1. The van der Waals surface area contributed by atoms with Gasteiger partial charge in [-0.25, -0.2) is 0 Å². The van der Waals surface area contributed by atoms with Gasteiger partial charge in [-0.05, 0) is 59.4 Å². The molecule has 4 rings (SSSR count). The van der Waals surface area contributed by atoms with Crippen LogP contribution in [0.4, 0.5) is 0 Å². The van der Waals surface area contributed by atoms with Gasteiger partial charge in [-0.2, -0.15) is 0 Å². The predicted octanol–water partition coefficient (Wildman–Crippen LogP) is 8.29. The molecule has 1 heterocycles. The number of hydrogen-bond acceptors (Lipinski definition) is 6. The van der Waals surface area contributed by atoms with Crippen LogP contribution in [0.3, 0.4) is 0 Å². The molecule has 0 saturated carbocycles. The number of amides is 1. The van der Waals surface area contributed by atoms with Crippen molar-refractivity contribution in [3.63, 3.8) is 0 Å². The van der Waals surface area contributed by atoms with Gasteiger partial charge in [0.05, 0.1) is 36.3 Å². The molecular weight excluding hydrogens is 562 g/mol. The molecule has 3 aromatic rings. The number of thiocarbonyl (C=S) groups is 1. The van der Waals surface area contributed by atoms with Crippen LogP contribution in [0.5, 0.6) is 17.2 Å². The summed E-state index contributed by atoms with van der Waals surface area (Å²) >= 11 is 13.4. The molecule has 8 heteroatoms. The lowest BCUT2D eigenvalue weighted by Gasteiger charge is -2.19. The minimum atomic E-state index is -0.124. The molecule has 210 valence electrons. The normalized spacial score (nSPS) is 14.6. The molecule has 1 amide bonds. The summed E-state index contributed by atoms with van der Waals surface area (Å²) < 4.78 is 18.3. The molecule has 1 aliphatic rings. The number of thioether (sulfide) groups is 1.